The Balaban J connectivity index is 1.33. The van der Waals surface area contributed by atoms with E-state index in [1.165, 1.54) is 76.7 Å². The highest BCUT2D eigenvalue weighted by molar-refractivity contribution is 6.20. The van der Waals surface area contributed by atoms with Gasteiger partial charge in [0.15, 0.2) is 0 Å². The summed E-state index contributed by atoms with van der Waals surface area (Å²) in [6, 6.07) is 44.3. The average Bonchev–Trinajstić information content (AvgIpc) is 3.52. The van der Waals surface area contributed by atoms with Crippen molar-refractivity contribution in [1.29, 1.82) is 0 Å². The molecule has 0 saturated carbocycles. The van der Waals surface area contributed by atoms with E-state index in [0.717, 1.165) is 5.69 Å². The summed E-state index contributed by atoms with van der Waals surface area (Å²) in [5, 5.41) is 7.55. The lowest BCUT2D eigenvalue weighted by atomic mass is 9.94. The van der Waals surface area contributed by atoms with E-state index in [0.29, 0.717) is 0 Å². The van der Waals surface area contributed by atoms with Crippen molar-refractivity contribution >= 4 is 43.4 Å². The van der Waals surface area contributed by atoms with Crippen LogP contribution in [0, 0.1) is 0 Å². The van der Waals surface area contributed by atoms with Crippen molar-refractivity contribution in [1.82, 2.24) is 9.55 Å². The van der Waals surface area contributed by atoms with Gasteiger partial charge in [-0.1, -0.05) is 103 Å². The summed E-state index contributed by atoms with van der Waals surface area (Å²) in [6.07, 6.45) is 3.89. The standard InChI is InChI=1S/C37H22N2/c1-2-10-27-23(7-1)15-16-33-34-22-38-20-19-35(34)39(37(27)33)25-9-5-8-24(21-25)26-17-18-32-29-12-4-3-11-28(29)31-14-6-13-30(26)36(31)32/h1-22H. The molecule has 1 aliphatic carbocycles. The summed E-state index contributed by atoms with van der Waals surface area (Å²) in [6.45, 7) is 0. The van der Waals surface area contributed by atoms with Gasteiger partial charge in [0.1, 0.15) is 0 Å². The second-order valence-corrected chi connectivity index (χ2v) is 10.4. The number of rotatable bonds is 2. The molecule has 0 unspecified atom stereocenters. The van der Waals surface area contributed by atoms with Gasteiger partial charge >= 0.3 is 0 Å². The van der Waals surface area contributed by atoms with Gasteiger partial charge in [-0.3, -0.25) is 4.98 Å². The number of hydrogen-bond donors (Lipinski definition) is 0. The van der Waals surface area contributed by atoms with Crippen LogP contribution in [0.3, 0.4) is 0 Å². The molecule has 0 amide bonds. The fraction of sp³-hybridized carbons (Fsp3) is 0. The maximum absolute atomic E-state index is 4.48. The third-order valence-electron chi connectivity index (χ3n) is 8.42. The first-order chi connectivity index (χ1) is 19.4. The summed E-state index contributed by atoms with van der Waals surface area (Å²) in [5.41, 5.74) is 11.4. The van der Waals surface area contributed by atoms with Crippen LogP contribution in [0.5, 0.6) is 0 Å². The number of benzene rings is 6. The molecule has 2 heteroatoms. The van der Waals surface area contributed by atoms with E-state index in [1.807, 2.05) is 12.4 Å². The first kappa shape index (κ1) is 20.8. The van der Waals surface area contributed by atoms with Crippen LogP contribution in [0.2, 0.25) is 0 Å². The van der Waals surface area contributed by atoms with Gasteiger partial charge in [-0.2, -0.15) is 0 Å². The Hall–Kier alpha value is -5.21. The summed E-state index contributed by atoms with van der Waals surface area (Å²) in [7, 11) is 0. The van der Waals surface area contributed by atoms with Crippen molar-refractivity contribution in [3.8, 4) is 39.1 Å². The molecule has 0 fully saturated rings. The molecule has 6 aromatic carbocycles. The first-order valence-corrected chi connectivity index (χ1v) is 13.4. The molecular weight excluding hydrogens is 472 g/mol. The van der Waals surface area contributed by atoms with Crippen molar-refractivity contribution in [2.45, 2.75) is 0 Å². The average molecular weight is 495 g/mol. The van der Waals surface area contributed by atoms with Gasteiger partial charge in [-0.15, -0.1) is 0 Å². The fourth-order valence-corrected chi connectivity index (χ4v) is 6.76. The van der Waals surface area contributed by atoms with Crippen LogP contribution >= 0.6 is 0 Å². The number of pyridine rings is 1. The third-order valence-corrected chi connectivity index (χ3v) is 8.42. The van der Waals surface area contributed by atoms with Crippen LogP contribution in [-0.2, 0) is 0 Å². The largest absolute Gasteiger partial charge is 0.308 e. The summed E-state index contributed by atoms with van der Waals surface area (Å²) < 4.78 is 2.41. The van der Waals surface area contributed by atoms with Crippen LogP contribution < -0.4 is 0 Å². The van der Waals surface area contributed by atoms with Crippen LogP contribution in [0.4, 0.5) is 0 Å². The van der Waals surface area contributed by atoms with Gasteiger partial charge in [-0.05, 0) is 67.7 Å². The van der Waals surface area contributed by atoms with Gasteiger partial charge in [0.2, 0.25) is 0 Å². The van der Waals surface area contributed by atoms with Crippen molar-refractivity contribution in [3.63, 3.8) is 0 Å². The van der Waals surface area contributed by atoms with Gasteiger partial charge < -0.3 is 4.57 Å². The molecule has 0 spiro atoms. The lowest BCUT2D eigenvalue weighted by molar-refractivity contribution is 1.18. The van der Waals surface area contributed by atoms with Gasteiger partial charge in [0, 0.05) is 34.2 Å². The summed E-state index contributed by atoms with van der Waals surface area (Å²) in [5.74, 6) is 0. The van der Waals surface area contributed by atoms with Crippen molar-refractivity contribution in [3.05, 3.63) is 134 Å². The maximum Gasteiger partial charge on any atom is 0.0620 e. The van der Waals surface area contributed by atoms with E-state index >= 15 is 0 Å². The third kappa shape index (κ3) is 2.78. The molecular formula is C37H22N2. The normalized spacial score (nSPS) is 12.1. The molecule has 2 aromatic heterocycles. The number of nitrogens with zero attached hydrogens (tertiary/aromatic N) is 2. The van der Waals surface area contributed by atoms with Crippen molar-refractivity contribution in [2.75, 3.05) is 0 Å². The molecule has 2 heterocycles. The molecule has 0 saturated heterocycles. The Bertz CT molecular complexity index is 2260. The predicted molar refractivity (Wildman–Crippen MR) is 163 cm³/mol. The van der Waals surface area contributed by atoms with Crippen molar-refractivity contribution in [2.24, 2.45) is 0 Å². The lowest BCUT2D eigenvalue weighted by Gasteiger charge is -2.13. The zero-order valence-electron chi connectivity index (χ0n) is 21.1. The molecule has 0 atom stereocenters. The summed E-state index contributed by atoms with van der Waals surface area (Å²) >= 11 is 0. The van der Waals surface area contributed by atoms with Crippen LogP contribution in [0.1, 0.15) is 0 Å². The predicted octanol–water partition coefficient (Wildman–Crippen LogP) is 9.80. The van der Waals surface area contributed by atoms with E-state index in [1.54, 1.807) is 0 Å². The minimum atomic E-state index is 1.15. The first-order valence-electron chi connectivity index (χ1n) is 13.4. The number of aromatic nitrogens is 2. The van der Waals surface area contributed by atoms with Gasteiger partial charge in [-0.25, -0.2) is 0 Å². The molecule has 0 bridgehead atoms. The quantitative estimate of drug-likeness (QED) is 0.234. The molecule has 180 valence electrons. The second kappa shape index (κ2) is 7.66. The molecule has 2 nitrogen and oxygen atoms in total. The molecule has 9 rings (SSSR count). The zero-order chi connectivity index (χ0) is 25.5. The fourth-order valence-electron chi connectivity index (χ4n) is 6.76. The van der Waals surface area contributed by atoms with Crippen LogP contribution in [-0.4, -0.2) is 9.55 Å². The van der Waals surface area contributed by atoms with E-state index in [9.17, 15) is 0 Å². The Kier molecular flexibility index (Phi) is 4.08. The van der Waals surface area contributed by atoms with E-state index in [-0.39, 0.29) is 0 Å². The van der Waals surface area contributed by atoms with Gasteiger partial charge in [0.05, 0.1) is 11.0 Å². The molecule has 39 heavy (non-hydrogen) atoms. The smallest absolute Gasteiger partial charge is 0.0620 e. The Morgan fingerprint density at radius 3 is 2.15 bits per heavy atom. The van der Waals surface area contributed by atoms with Crippen molar-refractivity contribution < 1.29 is 0 Å². The highest BCUT2D eigenvalue weighted by Gasteiger charge is 2.22. The van der Waals surface area contributed by atoms with E-state index in [4.69, 9.17) is 0 Å². The minimum absolute atomic E-state index is 1.15. The lowest BCUT2D eigenvalue weighted by Crippen LogP contribution is -1.95. The minimum Gasteiger partial charge on any atom is -0.308 e. The SMILES string of the molecule is c1cc(-c2ccc3c4c(cccc24)-c2ccccc2-3)cc(-n2c3ccncc3c3ccc4ccccc4c32)c1. The molecule has 0 N–H and O–H groups in total. The molecule has 1 aliphatic rings. The highest BCUT2D eigenvalue weighted by Crippen LogP contribution is 2.49. The van der Waals surface area contributed by atoms with Crippen LogP contribution in [0.15, 0.2) is 134 Å². The monoisotopic (exact) mass is 494 g/mol. The Morgan fingerprint density at radius 1 is 0.487 bits per heavy atom. The number of fused-ring (bicyclic) bond motifs is 8. The zero-order valence-corrected chi connectivity index (χ0v) is 21.1. The van der Waals surface area contributed by atoms with Crippen LogP contribution in [0.25, 0.3) is 82.4 Å². The molecule has 8 aromatic rings. The van der Waals surface area contributed by atoms with Gasteiger partial charge in [0.25, 0.3) is 0 Å². The second-order valence-electron chi connectivity index (χ2n) is 10.4. The Labute approximate surface area is 225 Å². The topological polar surface area (TPSA) is 17.8 Å². The molecule has 0 radical (unpaired) electrons. The summed E-state index contributed by atoms with van der Waals surface area (Å²) in [4.78, 5) is 4.48. The highest BCUT2D eigenvalue weighted by atomic mass is 15.0. The molecule has 0 aliphatic heterocycles. The van der Waals surface area contributed by atoms with E-state index < -0.39 is 0 Å². The number of hydrogen-bond acceptors (Lipinski definition) is 1. The maximum atomic E-state index is 4.48. The Morgan fingerprint density at radius 2 is 1.23 bits per heavy atom. The van der Waals surface area contributed by atoms with E-state index in [2.05, 4.69) is 131 Å².